The Hall–Kier alpha value is -2.89. The van der Waals surface area contributed by atoms with Gasteiger partial charge < -0.3 is 5.32 Å². The Labute approximate surface area is 216 Å². The minimum Gasteiger partial charge on any atom is -0.370 e. The lowest BCUT2D eigenvalue weighted by Crippen LogP contribution is -2.41. The predicted octanol–water partition coefficient (Wildman–Crippen LogP) is 5.26. The van der Waals surface area contributed by atoms with Gasteiger partial charge in [0.1, 0.15) is 17.5 Å². The number of nitrogens with zero attached hydrogens (tertiary/aromatic N) is 4. The maximum atomic E-state index is 13.7. The summed E-state index contributed by atoms with van der Waals surface area (Å²) in [5.74, 6) is -1.10. The van der Waals surface area contributed by atoms with Gasteiger partial charge in [0.25, 0.3) is 0 Å². The molecule has 1 unspecified atom stereocenters. The fourth-order valence-electron chi connectivity index (χ4n) is 4.55. The van der Waals surface area contributed by atoms with Crippen molar-refractivity contribution in [1.29, 1.82) is 0 Å². The molecule has 1 fully saturated rings. The molecule has 0 spiro atoms. The number of piperidine rings is 1. The van der Waals surface area contributed by atoms with Crippen LogP contribution < -0.4 is 5.32 Å². The second-order valence-corrected chi connectivity index (χ2v) is 11.7. The van der Waals surface area contributed by atoms with Gasteiger partial charge in [0.2, 0.25) is 10.0 Å². The molecule has 0 aliphatic carbocycles. The maximum Gasteiger partial charge on any atom is 0.243 e. The van der Waals surface area contributed by atoms with Crippen LogP contribution in [0.1, 0.15) is 18.4 Å². The van der Waals surface area contributed by atoms with Gasteiger partial charge in [-0.25, -0.2) is 22.2 Å². The van der Waals surface area contributed by atoms with Gasteiger partial charge in [-0.3, -0.25) is 0 Å². The number of sulfonamides is 1. The van der Waals surface area contributed by atoms with E-state index in [1.165, 1.54) is 4.31 Å². The number of anilines is 1. The molecule has 1 aliphatic rings. The Morgan fingerprint density at radius 3 is 2.64 bits per heavy atom. The highest BCUT2D eigenvalue weighted by Crippen LogP contribution is 2.29. The number of hydrogen-bond donors (Lipinski definition) is 1. The van der Waals surface area contributed by atoms with Gasteiger partial charge in [-0.1, -0.05) is 24.3 Å². The van der Waals surface area contributed by atoms with Crippen molar-refractivity contribution in [2.75, 3.05) is 25.0 Å². The van der Waals surface area contributed by atoms with Gasteiger partial charge in [-0.2, -0.15) is 13.9 Å². The van der Waals surface area contributed by atoms with Crippen molar-refractivity contribution in [2.24, 2.45) is 5.92 Å². The van der Waals surface area contributed by atoms with Gasteiger partial charge in [-0.15, -0.1) is 0 Å². The fraction of sp³-hybridized carbons (Fsp3) is 0.280. The molecular weight excluding hydrogens is 552 g/mol. The van der Waals surface area contributed by atoms with E-state index < -0.39 is 21.7 Å². The van der Waals surface area contributed by atoms with E-state index in [-0.39, 0.29) is 17.4 Å². The van der Waals surface area contributed by atoms with E-state index in [0.717, 1.165) is 45.7 Å². The zero-order valence-electron chi connectivity index (χ0n) is 19.5. The van der Waals surface area contributed by atoms with Crippen LogP contribution in [0.15, 0.2) is 64.1 Å². The zero-order valence-corrected chi connectivity index (χ0v) is 21.9. The number of aryl methyl sites for hydroxylation is 1. The van der Waals surface area contributed by atoms with Gasteiger partial charge in [-0.05, 0) is 59.3 Å². The van der Waals surface area contributed by atoms with Gasteiger partial charge >= 0.3 is 0 Å². The molecule has 1 atom stereocenters. The van der Waals surface area contributed by atoms with E-state index >= 15 is 0 Å². The molecule has 11 heteroatoms. The second-order valence-electron chi connectivity index (χ2n) is 8.93. The SMILES string of the molecule is Cc1ccccc1-c1cc(NCC2CCCN(S(=O)(=O)c3cc(F)cc(F)c3)C2)n2ncc(Br)c2n1. The van der Waals surface area contributed by atoms with Crippen LogP contribution in [-0.2, 0) is 10.0 Å². The van der Waals surface area contributed by atoms with E-state index in [9.17, 15) is 17.2 Å². The third-order valence-corrected chi connectivity index (χ3v) is 8.78. The average Bonchev–Trinajstić information content (AvgIpc) is 3.23. The largest absolute Gasteiger partial charge is 0.370 e. The molecular formula is C25H24BrF2N5O2S. The molecule has 1 saturated heterocycles. The van der Waals surface area contributed by atoms with Crippen LogP contribution >= 0.6 is 15.9 Å². The summed E-state index contributed by atoms with van der Waals surface area (Å²) < 4.78 is 57.3. The topological polar surface area (TPSA) is 79.6 Å². The molecule has 0 bridgehead atoms. The first-order chi connectivity index (χ1) is 17.2. The monoisotopic (exact) mass is 575 g/mol. The molecule has 2 aromatic heterocycles. The first-order valence-electron chi connectivity index (χ1n) is 11.5. The van der Waals surface area contributed by atoms with Crippen LogP contribution in [0.4, 0.5) is 14.6 Å². The maximum absolute atomic E-state index is 13.7. The van der Waals surface area contributed by atoms with Crippen LogP contribution in [0.5, 0.6) is 0 Å². The standard InChI is InChI=1S/C25H24BrF2N5O2S/c1-16-5-2-3-7-21(16)23-12-24(33-25(31-23)22(26)14-30-33)29-13-17-6-4-8-32(15-17)36(34,35)20-10-18(27)9-19(28)11-20/h2-3,5,7,9-12,14,17,29H,4,6,8,13,15H2,1H3. The highest BCUT2D eigenvalue weighted by atomic mass is 79.9. The molecule has 7 nitrogen and oxygen atoms in total. The predicted molar refractivity (Wildman–Crippen MR) is 137 cm³/mol. The molecule has 188 valence electrons. The van der Waals surface area contributed by atoms with E-state index in [1.54, 1.807) is 10.7 Å². The van der Waals surface area contributed by atoms with Crippen molar-refractivity contribution >= 4 is 37.4 Å². The zero-order chi connectivity index (χ0) is 25.4. The summed E-state index contributed by atoms with van der Waals surface area (Å²) in [6.45, 7) is 3.07. The summed E-state index contributed by atoms with van der Waals surface area (Å²) in [7, 11) is -4.01. The molecule has 2 aromatic carbocycles. The van der Waals surface area contributed by atoms with E-state index in [1.807, 2.05) is 37.3 Å². The number of aromatic nitrogens is 3. The van der Waals surface area contributed by atoms with Gasteiger partial charge in [0.15, 0.2) is 5.65 Å². The summed E-state index contributed by atoms with van der Waals surface area (Å²) in [6.07, 6.45) is 3.15. The van der Waals surface area contributed by atoms with E-state index in [4.69, 9.17) is 4.98 Å². The molecule has 4 aromatic rings. The quantitative estimate of drug-likeness (QED) is 0.339. The number of nitrogens with one attached hydrogen (secondary N) is 1. The third-order valence-electron chi connectivity index (χ3n) is 6.38. The lowest BCUT2D eigenvalue weighted by Gasteiger charge is -2.32. The Balaban J connectivity index is 1.38. The molecule has 0 saturated carbocycles. The lowest BCUT2D eigenvalue weighted by molar-refractivity contribution is 0.275. The van der Waals surface area contributed by atoms with Crippen LogP contribution in [0.3, 0.4) is 0 Å². The van der Waals surface area contributed by atoms with Crippen LogP contribution in [0.2, 0.25) is 0 Å². The molecule has 36 heavy (non-hydrogen) atoms. The minimum atomic E-state index is -4.01. The smallest absolute Gasteiger partial charge is 0.243 e. The average molecular weight is 576 g/mol. The number of benzene rings is 2. The van der Waals surface area contributed by atoms with Crippen molar-refractivity contribution in [1.82, 2.24) is 18.9 Å². The van der Waals surface area contributed by atoms with Crippen molar-refractivity contribution in [3.63, 3.8) is 0 Å². The van der Waals surface area contributed by atoms with Crippen LogP contribution in [0, 0.1) is 24.5 Å². The summed E-state index contributed by atoms with van der Waals surface area (Å²) in [4.78, 5) is 4.41. The first-order valence-corrected chi connectivity index (χ1v) is 13.8. The van der Waals surface area contributed by atoms with Crippen molar-refractivity contribution in [3.05, 3.63) is 76.4 Å². The Bertz CT molecular complexity index is 1520. The fourth-order valence-corrected chi connectivity index (χ4v) is 6.49. The highest BCUT2D eigenvalue weighted by Gasteiger charge is 2.31. The lowest BCUT2D eigenvalue weighted by atomic mass is 10.00. The minimum absolute atomic E-state index is 0.00365. The van der Waals surface area contributed by atoms with Crippen molar-refractivity contribution < 1.29 is 17.2 Å². The van der Waals surface area contributed by atoms with Gasteiger partial charge in [0.05, 0.1) is 21.3 Å². The molecule has 0 amide bonds. The first kappa shape index (κ1) is 24.8. The van der Waals surface area contributed by atoms with E-state index in [0.29, 0.717) is 31.2 Å². The Kier molecular flexibility index (Phi) is 6.80. The second kappa shape index (κ2) is 9.87. The Morgan fingerprint density at radius 2 is 1.89 bits per heavy atom. The number of rotatable bonds is 6. The number of fused-ring (bicyclic) bond motifs is 1. The molecule has 1 N–H and O–H groups in total. The summed E-state index contributed by atoms with van der Waals surface area (Å²) in [6, 6.07) is 12.3. The third kappa shape index (κ3) is 4.87. The Morgan fingerprint density at radius 1 is 1.14 bits per heavy atom. The van der Waals surface area contributed by atoms with E-state index in [2.05, 4.69) is 26.3 Å². The molecule has 0 radical (unpaired) electrons. The number of halogens is 3. The number of hydrogen-bond acceptors (Lipinski definition) is 5. The van der Waals surface area contributed by atoms with Crippen LogP contribution in [0.25, 0.3) is 16.9 Å². The summed E-state index contributed by atoms with van der Waals surface area (Å²) in [5.41, 5.74) is 3.57. The molecule has 5 rings (SSSR count). The summed E-state index contributed by atoms with van der Waals surface area (Å²) in [5, 5.41) is 7.85. The normalized spacial score (nSPS) is 16.9. The molecule has 1 aliphatic heterocycles. The van der Waals surface area contributed by atoms with Crippen LogP contribution in [-0.4, -0.2) is 47.0 Å². The highest BCUT2D eigenvalue weighted by molar-refractivity contribution is 9.10. The van der Waals surface area contributed by atoms with Gasteiger partial charge in [0, 0.05) is 37.3 Å². The van der Waals surface area contributed by atoms with Crippen molar-refractivity contribution in [2.45, 2.75) is 24.7 Å². The molecule has 3 heterocycles. The summed E-state index contributed by atoms with van der Waals surface area (Å²) >= 11 is 3.52. The van der Waals surface area contributed by atoms with Crippen molar-refractivity contribution in [3.8, 4) is 11.3 Å².